The second kappa shape index (κ2) is 6.01. The molecule has 0 unspecified atom stereocenters. The van der Waals surface area contributed by atoms with Crippen molar-refractivity contribution >= 4 is 11.8 Å². The Kier molecular flexibility index (Phi) is 6.17. The molecule has 2 N–H and O–H groups in total. The van der Waals surface area contributed by atoms with Crippen LogP contribution in [0.25, 0.3) is 0 Å². The smallest absolute Gasteiger partial charge is 0.0101 e. The van der Waals surface area contributed by atoms with Crippen molar-refractivity contribution in [2.75, 3.05) is 32.1 Å². The van der Waals surface area contributed by atoms with Gasteiger partial charge in [-0.2, -0.15) is 11.8 Å². The normalized spacial score (nSPS) is 14.1. The van der Waals surface area contributed by atoms with E-state index >= 15 is 0 Å². The van der Waals surface area contributed by atoms with Gasteiger partial charge in [-0.25, -0.2) is 0 Å². The van der Waals surface area contributed by atoms with Crippen molar-refractivity contribution < 1.29 is 0 Å². The van der Waals surface area contributed by atoms with E-state index in [1.165, 1.54) is 5.75 Å². The number of rotatable bonds is 5. The SMILES string of the molecule is C[C@H](N)CSCCN(C)C. The summed E-state index contributed by atoms with van der Waals surface area (Å²) >= 11 is 1.92. The maximum Gasteiger partial charge on any atom is 0.0101 e. The third kappa shape index (κ3) is 8.27. The van der Waals surface area contributed by atoms with Crippen LogP contribution in [0.4, 0.5) is 0 Å². The van der Waals surface area contributed by atoms with Crippen molar-refractivity contribution in [2.24, 2.45) is 5.73 Å². The lowest BCUT2D eigenvalue weighted by molar-refractivity contribution is 0.437. The van der Waals surface area contributed by atoms with E-state index in [-0.39, 0.29) is 0 Å². The number of hydrogen-bond donors (Lipinski definition) is 1. The van der Waals surface area contributed by atoms with Crippen LogP contribution in [0, 0.1) is 0 Å². The minimum atomic E-state index is 0.340. The highest BCUT2D eigenvalue weighted by atomic mass is 32.2. The fraction of sp³-hybridized carbons (Fsp3) is 1.00. The zero-order chi connectivity index (χ0) is 7.98. The van der Waals surface area contributed by atoms with Crippen molar-refractivity contribution in [3.05, 3.63) is 0 Å². The topological polar surface area (TPSA) is 29.3 Å². The molecule has 2 nitrogen and oxygen atoms in total. The van der Waals surface area contributed by atoms with Crippen molar-refractivity contribution in [1.82, 2.24) is 4.90 Å². The van der Waals surface area contributed by atoms with Gasteiger partial charge in [0.2, 0.25) is 0 Å². The van der Waals surface area contributed by atoms with Crippen LogP contribution in [0.15, 0.2) is 0 Å². The molecule has 0 aliphatic heterocycles. The van der Waals surface area contributed by atoms with Gasteiger partial charge in [0.15, 0.2) is 0 Å². The van der Waals surface area contributed by atoms with E-state index in [9.17, 15) is 0 Å². The number of nitrogens with two attached hydrogens (primary N) is 1. The average Bonchev–Trinajstić information content (AvgIpc) is 1.79. The van der Waals surface area contributed by atoms with Crippen molar-refractivity contribution in [3.8, 4) is 0 Å². The van der Waals surface area contributed by atoms with Gasteiger partial charge >= 0.3 is 0 Å². The molecule has 0 fully saturated rings. The molecular formula is C7H18N2S. The number of nitrogens with zero attached hydrogens (tertiary/aromatic N) is 1. The number of hydrogen-bond acceptors (Lipinski definition) is 3. The third-order valence-electron chi connectivity index (χ3n) is 1.06. The maximum atomic E-state index is 5.57. The predicted molar refractivity (Wildman–Crippen MR) is 49.5 cm³/mol. The Labute approximate surface area is 68.2 Å². The summed E-state index contributed by atoms with van der Waals surface area (Å²) < 4.78 is 0. The third-order valence-corrected chi connectivity index (χ3v) is 2.30. The van der Waals surface area contributed by atoms with Gasteiger partial charge in [0.05, 0.1) is 0 Å². The van der Waals surface area contributed by atoms with Crippen LogP contribution in [0.1, 0.15) is 6.92 Å². The second-order valence-corrected chi connectivity index (χ2v) is 4.01. The minimum Gasteiger partial charge on any atom is -0.327 e. The summed E-state index contributed by atoms with van der Waals surface area (Å²) in [5.74, 6) is 2.27. The van der Waals surface area contributed by atoms with E-state index in [2.05, 4.69) is 19.0 Å². The highest BCUT2D eigenvalue weighted by molar-refractivity contribution is 7.99. The average molecular weight is 162 g/mol. The van der Waals surface area contributed by atoms with Gasteiger partial charge in [-0.1, -0.05) is 0 Å². The molecule has 62 valence electrons. The van der Waals surface area contributed by atoms with E-state index < -0.39 is 0 Å². The van der Waals surface area contributed by atoms with Crippen LogP contribution in [0.2, 0.25) is 0 Å². The zero-order valence-corrected chi connectivity index (χ0v) is 7.95. The lowest BCUT2D eigenvalue weighted by Crippen LogP contribution is -2.20. The summed E-state index contributed by atoms with van der Waals surface area (Å²) in [6, 6.07) is 0.340. The van der Waals surface area contributed by atoms with Crippen LogP contribution in [0.5, 0.6) is 0 Å². The molecule has 0 saturated heterocycles. The Balaban J connectivity index is 2.91. The molecule has 0 aliphatic rings. The molecule has 0 rings (SSSR count). The molecule has 10 heavy (non-hydrogen) atoms. The van der Waals surface area contributed by atoms with Crippen molar-refractivity contribution in [3.63, 3.8) is 0 Å². The molecule has 0 amide bonds. The summed E-state index contributed by atoms with van der Waals surface area (Å²) in [5, 5.41) is 0. The Hall–Kier alpha value is 0.270. The first-order chi connectivity index (χ1) is 4.63. The van der Waals surface area contributed by atoms with Crippen LogP contribution in [-0.4, -0.2) is 43.1 Å². The van der Waals surface area contributed by atoms with Gasteiger partial charge in [-0.15, -0.1) is 0 Å². The molecule has 0 aromatic heterocycles. The van der Waals surface area contributed by atoms with Gasteiger partial charge in [-0.3, -0.25) is 0 Å². The summed E-state index contributed by atoms with van der Waals surface area (Å²) in [6.07, 6.45) is 0. The Morgan fingerprint density at radius 1 is 1.50 bits per heavy atom. The molecule has 3 heteroatoms. The highest BCUT2D eigenvalue weighted by Crippen LogP contribution is 2.00. The van der Waals surface area contributed by atoms with Crippen molar-refractivity contribution in [2.45, 2.75) is 13.0 Å². The summed E-state index contributed by atoms with van der Waals surface area (Å²) in [7, 11) is 4.18. The Morgan fingerprint density at radius 2 is 2.10 bits per heavy atom. The molecule has 0 aliphatic carbocycles. The zero-order valence-electron chi connectivity index (χ0n) is 7.13. The summed E-state index contributed by atoms with van der Waals surface area (Å²) in [6.45, 7) is 3.19. The molecule has 0 aromatic carbocycles. The lowest BCUT2D eigenvalue weighted by atomic mass is 10.4. The van der Waals surface area contributed by atoms with E-state index in [1.807, 2.05) is 18.7 Å². The standard InChI is InChI=1S/C7H18N2S/c1-7(8)6-10-5-4-9(2)3/h7H,4-6,8H2,1-3H3/t7-/m0/s1. The van der Waals surface area contributed by atoms with Gasteiger partial charge < -0.3 is 10.6 Å². The van der Waals surface area contributed by atoms with E-state index in [0.717, 1.165) is 12.3 Å². The molecule has 0 aromatic rings. The quantitative estimate of drug-likeness (QED) is 0.601. The minimum absolute atomic E-state index is 0.340. The molecule has 1 atom stereocenters. The molecule has 0 heterocycles. The maximum absolute atomic E-state index is 5.57. The fourth-order valence-electron chi connectivity index (χ4n) is 0.516. The molecule has 0 saturated carbocycles. The van der Waals surface area contributed by atoms with Crippen molar-refractivity contribution in [1.29, 1.82) is 0 Å². The molecule has 0 radical (unpaired) electrons. The molecule has 0 bridgehead atoms. The summed E-state index contributed by atoms with van der Waals surface area (Å²) in [4.78, 5) is 2.19. The lowest BCUT2D eigenvalue weighted by Gasteiger charge is -2.09. The highest BCUT2D eigenvalue weighted by Gasteiger charge is 1.94. The Morgan fingerprint density at radius 3 is 2.50 bits per heavy atom. The van der Waals surface area contributed by atoms with E-state index in [4.69, 9.17) is 5.73 Å². The second-order valence-electron chi connectivity index (χ2n) is 2.86. The number of thioether (sulfide) groups is 1. The van der Waals surface area contributed by atoms with Crippen LogP contribution in [0.3, 0.4) is 0 Å². The van der Waals surface area contributed by atoms with Crippen LogP contribution in [-0.2, 0) is 0 Å². The molecule has 0 spiro atoms. The van der Waals surface area contributed by atoms with E-state index in [0.29, 0.717) is 6.04 Å². The predicted octanol–water partition coefficient (Wildman–Crippen LogP) is 0.628. The fourth-order valence-corrected chi connectivity index (χ4v) is 1.55. The first-order valence-electron chi connectivity index (χ1n) is 3.61. The van der Waals surface area contributed by atoms with Crippen LogP contribution < -0.4 is 5.73 Å². The Bertz CT molecular complexity index is 64.0. The van der Waals surface area contributed by atoms with Gasteiger partial charge in [0, 0.05) is 24.1 Å². The monoisotopic (exact) mass is 162 g/mol. The van der Waals surface area contributed by atoms with Crippen LogP contribution >= 0.6 is 11.8 Å². The largest absolute Gasteiger partial charge is 0.327 e. The first kappa shape index (κ1) is 10.3. The molecular weight excluding hydrogens is 144 g/mol. The van der Waals surface area contributed by atoms with E-state index in [1.54, 1.807) is 0 Å². The van der Waals surface area contributed by atoms with Gasteiger partial charge in [0.1, 0.15) is 0 Å². The first-order valence-corrected chi connectivity index (χ1v) is 4.76. The summed E-state index contributed by atoms with van der Waals surface area (Å²) in [5.41, 5.74) is 5.57. The van der Waals surface area contributed by atoms with Gasteiger partial charge in [-0.05, 0) is 21.0 Å². The van der Waals surface area contributed by atoms with Gasteiger partial charge in [0.25, 0.3) is 0 Å².